The molecule has 10 nitrogen and oxygen atoms in total. The second-order valence-electron chi connectivity index (χ2n) is 3.30. The minimum absolute atomic E-state index is 0.101. The van der Waals surface area contributed by atoms with Gasteiger partial charge in [0.1, 0.15) is 0 Å². The second kappa shape index (κ2) is 5.67. The number of hydrogen-bond donors (Lipinski definition) is 2. The zero-order valence-electron chi connectivity index (χ0n) is 10.4. The molecule has 1 aromatic rings. The number of carbonyl (C=O) groups excluding carboxylic acids is 1. The van der Waals surface area contributed by atoms with E-state index in [2.05, 4.69) is 9.97 Å². The first kappa shape index (κ1) is 14.9. The Morgan fingerprint density at radius 3 is 2.16 bits per heavy atom. The van der Waals surface area contributed by atoms with E-state index in [1.807, 2.05) is 0 Å². The first-order chi connectivity index (χ1) is 8.76. The summed E-state index contributed by atoms with van der Waals surface area (Å²) < 4.78 is 33.2. The van der Waals surface area contributed by atoms with Crippen LogP contribution in [0.1, 0.15) is 0 Å². The van der Waals surface area contributed by atoms with E-state index in [-0.39, 0.29) is 17.7 Å². The molecule has 1 heterocycles. The summed E-state index contributed by atoms with van der Waals surface area (Å²) in [6, 6.07) is 0.254. The average molecular weight is 291 g/mol. The number of ether oxygens (including phenoxy) is 2. The van der Waals surface area contributed by atoms with Gasteiger partial charge in [0, 0.05) is 0 Å². The molecular weight excluding hydrogens is 278 g/mol. The van der Waals surface area contributed by atoms with Crippen molar-refractivity contribution in [2.75, 3.05) is 25.5 Å². The lowest BCUT2D eigenvalue weighted by Crippen LogP contribution is -2.47. The highest BCUT2D eigenvalue weighted by atomic mass is 32.2. The molecule has 0 aliphatic heterocycles. The highest BCUT2D eigenvalue weighted by Crippen LogP contribution is 2.18. The number of rotatable bonds is 4. The summed E-state index contributed by atoms with van der Waals surface area (Å²) in [6.07, 6.45) is 0.811. The van der Waals surface area contributed by atoms with Crippen molar-refractivity contribution in [2.45, 2.75) is 0 Å². The number of hydrogen-bond acceptors (Lipinski definition) is 8. The Hall–Kier alpha value is -2.14. The van der Waals surface area contributed by atoms with Crippen LogP contribution in [0.15, 0.2) is 6.07 Å². The fourth-order valence-electron chi connectivity index (χ4n) is 1.01. The SMILES string of the molecule is COc1cc(OC)nc(N(N)C(=O)NS(C)(=O)=O)n1. The second-order valence-corrected chi connectivity index (χ2v) is 5.05. The monoisotopic (exact) mass is 291 g/mol. The molecule has 3 N–H and O–H groups in total. The normalized spacial score (nSPS) is 10.7. The molecule has 0 spiro atoms. The van der Waals surface area contributed by atoms with Crippen LogP contribution < -0.4 is 25.0 Å². The van der Waals surface area contributed by atoms with Crippen LogP contribution >= 0.6 is 0 Å². The van der Waals surface area contributed by atoms with Gasteiger partial charge in [0.05, 0.1) is 26.5 Å². The Labute approximate surface area is 109 Å². The smallest absolute Gasteiger partial charge is 0.352 e. The fraction of sp³-hybridized carbons (Fsp3) is 0.375. The molecule has 2 amide bonds. The third kappa shape index (κ3) is 4.22. The van der Waals surface area contributed by atoms with Crippen molar-refractivity contribution in [2.24, 2.45) is 5.84 Å². The molecule has 106 valence electrons. The van der Waals surface area contributed by atoms with Crippen LogP contribution in [0.4, 0.5) is 10.7 Å². The summed E-state index contributed by atoms with van der Waals surface area (Å²) in [4.78, 5) is 19.1. The van der Waals surface area contributed by atoms with Gasteiger partial charge in [0.2, 0.25) is 21.8 Å². The molecule has 0 aliphatic carbocycles. The number of hydrazine groups is 1. The van der Waals surface area contributed by atoms with Gasteiger partial charge in [-0.2, -0.15) is 15.0 Å². The zero-order chi connectivity index (χ0) is 14.6. The highest BCUT2D eigenvalue weighted by molar-refractivity contribution is 7.89. The number of urea groups is 1. The van der Waals surface area contributed by atoms with Crippen LogP contribution in [-0.4, -0.2) is 44.9 Å². The Balaban J connectivity index is 3.04. The van der Waals surface area contributed by atoms with Gasteiger partial charge < -0.3 is 9.47 Å². The van der Waals surface area contributed by atoms with Gasteiger partial charge in [-0.1, -0.05) is 0 Å². The predicted octanol–water partition coefficient (Wildman–Crippen LogP) is -1.16. The van der Waals surface area contributed by atoms with E-state index in [9.17, 15) is 13.2 Å². The van der Waals surface area contributed by atoms with Gasteiger partial charge in [-0.3, -0.25) is 0 Å². The molecule has 0 bridgehead atoms. The number of anilines is 1. The minimum atomic E-state index is -3.75. The fourth-order valence-corrected chi connectivity index (χ4v) is 1.42. The van der Waals surface area contributed by atoms with Gasteiger partial charge in [0.15, 0.2) is 0 Å². The summed E-state index contributed by atoms with van der Waals surface area (Å²) in [5, 5.41) is 0.423. The van der Waals surface area contributed by atoms with Crippen molar-refractivity contribution in [3.63, 3.8) is 0 Å². The van der Waals surface area contributed by atoms with Crippen molar-refractivity contribution in [1.29, 1.82) is 0 Å². The van der Waals surface area contributed by atoms with Gasteiger partial charge in [-0.05, 0) is 0 Å². The zero-order valence-corrected chi connectivity index (χ0v) is 11.3. The lowest BCUT2D eigenvalue weighted by atomic mass is 10.6. The molecule has 0 fully saturated rings. The third-order valence-electron chi connectivity index (χ3n) is 1.79. The van der Waals surface area contributed by atoms with E-state index in [0.29, 0.717) is 5.01 Å². The molecule has 1 rings (SSSR count). The molecule has 11 heteroatoms. The van der Waals surface area contributed by atoms with Crippen molar-refractivity contribution < 1.29 is 22.7 Å². The van der Waals surface area contributed by atoms with Crippen LogP contribution in [-0.2, 0) is 10.0 Å². The predicted molar refractivity (Wildman–Crippen MR) is 65.2 cm³/mol. The Kier molecular flexibility index (Phi) is 4.45. The number of sulfonamides is 1. The van der Waals surface area contributed by atoms with E-state index < -0.39 is 16.1 Å². The van der Waals surface area contributed by atoms with E-state index in [4.69, 9.17) is 15.3 Å². The van der Waals surface area contributed by atoms with Gasteiger partial charge >= 0.3 is 6.03 Å². The van der Waals surface area contributed by atoms with Crippen molar-refractivity contribution in [3.05, 3.63) is 6.07 Å². The topological polar surface area (TPSA) is 137 Å². The largest absolute Gasteiger partial charge is 0.481 e. The van der Waals surface area contributed by atoms with E-state index >= 15 is 0 Å². The Morgan fingerprint density at radius 2 is 1.79 bits per heavy atom. The molecule has 0 radical (unpaired) electrons. The molecule has 0 aliphatic rings. The van der Waals surface area contributed by atoms with E-state index in [1.54, 1.807) is 4.72 Å². The first-order valence-electron chi connectivity index (χ1n) is 4.80. The van der Waals surface area contributed by atoms with Crippen molar-refractivity contribution in [1.82, 2.24) is 14.7 Å². The standard InChI is InChI=1S/C8H13N5O5S/c1-17-5-4-6(18-2)11-7(10-5)13(9)8(14)12-19(3,15)16/h4H,9H2,1-3H3,(H,12,14). The molecule has 0 atom stereocenters. The van der Waals surface area contributed by atoms with Crippen LogP contribution in [0.2, 0.25) is 0 Å². The maximum atomic E-state index is 11.5. The van der Waals surface area contributed by atoms with Crippen LogP contribution in [0, 0.1) is 0 Å². The maximum absolute atomic E-state index is 11.5. The van der Waals surface area contributed by atoms with Crippen LogP contribution in [0.5, 0.6) is 11.8 Å². The molecule has 0 unspecified atom stereocenters. The quantitative estimate of drug-likeness (QED) is 0.403. The third-order valence-corrected chi connectivity index (χ3v) is 2.34. The van der Waals surface area contributed by atoms with E-state index in [1.165, 1.54) is 20.3 Å². The molecule has 0 saturated heterocycles. The number of methoxy groups -OCH3 is 2. The molecule has 0 aromatic carbocycles. The van der Waals surface area contributed by atoms with Crippen molar-refractivity contribution >= 4 is 22.0 Å². The lowest BCUT2D eigenvalue weighted by Gasteiger charge is -2.15. The van der Waals surface area contributed by atoms with E-state index in [0.717, 1.165) is 6.26 Å². The van der Waals surface area contributed by atoms with Gasteiger partial charge in [0.25, 0.3) is 5.95 Å². The minimum Gasteiger partial charge on any atom is -0.481 e. The number of nitrogens with two attached hydrogens (primary N) is 1. The van der Waals surface area contributed by atoms with Gasteiger partial charge in [-0.25, -0.2) is 23.8 Å². The first-order valence-corrected chi connectivity index (χ1v) is 6.69. The maximum Gasteiger partial charge on any atom is 0.352 e. The Bertz CT molecular complexity index is 553. The summed E-state index contributed by atoms with van der Waals surface area (Å²) in [5.41, 5.74) is 0. The van der Waals surface area contributed by atoms with Crippen LogP contribution in [0.3, 0.4) is 0 Å². The number of amides is 2. The van der Waals surface area contributed by atoms with Crippen molar-refractivity contribution in [3.8, 4) is 11.8 Å². The summed E-state index contributed by atoms with van der Waals surface area (Å²) in [7, 11) is -1.05. The Morgan fingerprint density at radius 1 is 1.32 bits per heavy atom. The summed E-state index contributed by atoms with van der Waals surface area (Å²) >= 11 is 0. The molecular formula is C8H13N5O5S. The molecule has 19 heavy (non-hydrogen) atoms. The van der Waals surface area contributed by atoms with Crippen LogP contribution in [0.25, 0.3) is 0 Å². The molecule has 0 saturated carbocycles. The number of nitrogens with one attached hydrogen (secondary N) is 1. The lowest BCUT2D eigenvalue weighted by molar-refractivity contribution is 0.250. The number of carbonyl (C=O) groups is 1. The number of aromatic nitrogens is 2. The molecule has 1 aromatic heterocycles. The van der Waals surface area contributed by atoms with Gasteiger partial charge in [-0.15, -0.1) is 0 Å². The summed E-state index contributed by atoms with van der Waals surface area (Å²) in [5.74, 6) is 5.34. The highest BCUT2D eigenvalue weighted by Gasteiger charge is 2.19. The average Bonchev–Trinajstić information content (AvgIpc) is 2.35. The number of nitrogens with zero attached hydrogens (tertiary/aromatic N) is 3. The summed E-state index contributed by atoms with van der Waals surface area (Å²) in [6.45, 7) is 0.